The number of anilines is 2. The molecule has 1 fully saturated rings. The first-order chi connectivity index (χ1) is 9.63. The number of nitrogen functional groups attached to an aromatic ring is 1. The number of benzene rings is 1. The first kappa shape index (κ1) is 12.5. The van der Waals surface area contributed by atoms with E-state index in [2.05, 4.69) is 4.90 Å². The fourth-order valence-corrected chi connectivity index (χ4v) is 2.28. The molecule has 0 unspecified atom stereocenters. The van der Waals surface area contributed by atoms with E-state index in [1.807, 2.05) is 12.1 Å². The quantitative estimate of drug-likeness (QED) is 0.514. The molecule has 0 radical (unpaired) electrons. The van der Waals surface area contributed by atoms with Gasteiger partial charge in [-0.1, -0.05) is 0 Å². The Kier molecular flexibility index (Phi) is 3.06. The number of rotatable bonds is 5. The lowest BCUT2D eigenvalue weighted by Crippen LogP contribution is -2.24. The minimum atomic E-state index is -0.419. The molecule has 1 aliphatic rings. The third-order valence-corrected chi connectivity index (χ3v) is 3.36. The van der Waals surface area contributed by atoms with Gasteiger partial charge < -0.3 is 15.1 Å². The topological polar surface area (TPSA) is 85.5 Å². The van der Waals surface area contributed by atoms with Crippen molar-refractivity contribution >= 4 is 17.1 Å². The van der Waals surface area contributed by atoms with Crippen LogP contribution in [-0.2, 0) is 6.54 Å². The fraction of sp³-hybridized carbons (Fsp3) is 0.286. The molecule has 1 saturated carbocycles. The molecule has 104 valence electrons. The molecule has 6 nitrogen and oxygen atoms in total. The van der Waals surface area contributed by atoms with Crippen molar-refractivity contribution in [2.45, 2.75) is 25.4 Å². The van der Waals surface area contributed by atoms with E-state index in [9.17, 15) is 10.1 Å². The van der Waals surface area contributed by atoms with Crippen LogP contribution in [0.5, 0.6) is 0 Å². The zero-order valence-corrected chi connectivity index (χ0v) is 10.9. The highest BCUT2D eigenvalue weighted by molar-refractivity contribution is 5.63. The van der Waals surface area contributed by atoms with Crippen LogP contribution >= 0.6 is 0 Å². The van der Waals surface area contributed by atoms with Gasteiger partial charge >= 0.3 is 0 Å². The van der Waals surface area contributed by atoms with Crippen LogP contribution in [0.15, 0.2) is 41.0 Å². The summed E-state index contributed by atoms with van der Waals surface area (Å²) in [6.07, 6.45) is 3.80. The van der Waals surface area contributed by atoms with Crippen molar-refractivity contribution in [1.82, 2.24) is 0 Å². The molecule has 0 aliphatic heterocycles. The summed E-state index contributed by atoms with van der Waals surface area (Å²) in [7, 11) is 0. The predicted molar refractivity (Wildman–Crippen MR) is 75.4 cm³/mol. The molecule has 3 rings (SSSR count). The molecule has 1 aliphatic carbocycles. The largest absolute Gasteiger partial charge is 0.467 e. The van der Waals surface area contributed by atoms with Crippen molar-refractivity contribution in [2.75, 3.05) is 10.6 Å². The molecule has 0 spiro atoms. The molecule has 20 heavy (non-hydrogen) atoms. The number of nitrogens with two attached hydrogens (primary N) is 1. The summed E-state index contributed by atoms with van der Waals surface area (Å²) in [5.74, 6) is 0.835. The van der Waals surface area contributed by atoms with Gasteiger partial charge in [-0.15, -0.1) is 0 Å². The van der Waals surface area contributed by atoms with Crippen LogP contribution in [0.3, 0.4) is 0 Å². The van der Waals surface area contributed by atoms with Crippen LogP contribution < -0.4 is 10.6 Å². The van der Waals surface area contributed by atoms with E-state index in [1.165, 1.54) is 6.07 Å². The normalized spacial score (nSPS) is 14.2. The van der Waals surface area contributed by atoms with Gasteiger partial charge in [0.15, 0.2) is 0 Å². The molecule has 2 N–H and O–H groups in total. The van der Waals surface area contributed by atoms with E-state index in [-0.39, 0.29) is 5.69 Å². The van der Waals surface area contributed by atoms with Crippen molar-refractivity contribution in [3.63, 3.8) is 0 Å². The van der Waals surface area contributed by atoms with E-state index < -0.39 is 4.92 Å². The highest BCUT2D eigenvalue weighted by Crippen LogP contribution is 2.35. The number of hydrogen-bond donors (Lipinski definition) is 1. The highest BCUT2D eigenvalue weighted by atomic mass is 16.6. The summed E-state index contributed by atoms with van der Waals surface area (Å²) in [6.45, 7) is 0.596. The van der Waals surface area contributed by atoms with Crippen molar-refractivity contribution in [3.05, 3.63) is 52.5 Å². The maximum atomic E-state index is 10.9. The number of hydrogen-bond acceptors (Lipinski definition) is 5. The summed E-state index contributed by atoms with van der Waals surface area (Å²) < 4.78 is 5.36. The van der Waals surface area contributed by atoms with Crippen molar-refractivity contribution < 1.29 is 9.34 Å². The van der Waals surface area contributed by atoms with E-state index in [0.717, 1.165) is 24.3 Å². The molecular formula is C14H15N3O3. The Morgan fingerprint density at radius 1 is 1.40 bits per heavy atom. The second-order valence-corrected chi connectivity index (χ2v) is 4.98. The van der Waals surface area contributed by atoms with Gasteiger partial charge in [0.1, 0.15) is 5.76 Å². The fourth-order valence-electron chi connectivity index (χ4n) is 2.28. The average molecular weight is 273 g/mol. The molecule has 0 amide bonds. The Balaban J connectivity index is 1.93. The number of furan rings is 1. The molecule has 0 atom stereocenters. The summed E-state index contributed by atoms with van der Waals surface area (Å²) in [6, 6.07) is 8.85. The number of nitrogens with zero attached hydrogens (tertiary/aromatic N) is 2. The predicted octanol–water partition coefficient (Wildman–Crippen LogP) is 2.94. The lowest BCUT2D eigenvalue weighted by molar-refractivity contribution is -0.384. The second-order valence-electron chi connectivity index (χ2n) is 4.98. The Bertz CT molecular complexity index is 621. The Labute approximate surface area is 115 Å². The maximum Gasteiger partial charge on any atom is 0.273 e. The van der Waals surface area contributed by atoms with Gasteiger partial charge in [-0.05, 0) is 31.0 Å². The van der Waals surface area contributed by atoms with Gasteiger partial charge in [-0.25, -0.2) is 0 Å². The Morgan fingerprint density at radius 3 is 2.80 bits per heavy atom. The van der Waals surface area contributed by atoms with E-state index in [1.54, 1.807) is 18.4 Å². The van der Waals surface area contributed by atoms with Gasteiger partial charge in [-0.2, -0.15) is 0 Å². The van der Waals surface area contributed by atoms with Crippen LogP contribution in [0.1, 0.15) is 18.6 Å². The second kappa shape index (κ2) is 4.88. The van der Waals surface area contributed by atoms with Crippen LogP contribution in [0.25, 0.3) is 0 Å². The van der Waals surface area contributed by atoms with Gasteiger partial charge in [0.25, 0.3) is 5.69 Å². The van der Waals surface area contributed by atoms with Gasteiger partial charge in [0.2, 0.25) is 0 Å². The van der Waals surface area contributed by atoms with Crippen molar-refractivity contribution in [3.8, 4) is 0 Å². The van der Waals surface area contributed by atoms with E-state index in [4.69, 9.17) is 10.2 Å². The summed E-state index contributed by atoms with van der Waals surface area (Å²) in [5, 5.41) is 10.9. The van der Waals surface area contributed by atoms with Gasteiger partial charge in [0.05, 0.1) is 17.7 Å². The van der Waals surface area contributed by atoms with Gasteiger partial charge in [-0.3, -0.25) is 10.1 Å². The number of nitro groups is 1. The molecule has 2 aromatic rings. The summed E-state index contributed by atoms with van der Waals surface area (Å²) >= 11 is 0. The lowest BCUT2D eigenvalue weighted by atomic mass is 10.2. The molecule has 0 bridgehead atoms. The van der Waals surface area contributed by atoms with Crippen molar-refractivity contribution in [2.24, 2.45) is 0 Å². The van der Waals surface area contributed by atoms with Crippen LogP contribution in [0, 0.1) is 10.1 Å². The maximum absolute atomic E-state index is 10.9. The molecule has 1 aromatic carbocycles. The standard InChI is InChI=1S/C14H15N3O3/c15-10-6-12(8-13(7-10)17(18)19)16(11-3-4-11)9-14-2-1-5-20-14/h1-2,5-8,11H,3-4,9,15H2. The molecule has 6 heteroatoms. The van der Waals surface area contributed by atoms with Crippen molar-refractivity contribution in [1.29, 1.82) is 0 Å². The minimum Gasteiger partial charge on any atom is -0.467 e. The first-order valence-electron chi connectivity index (χ1n) is 6.47. The van der Waals surface area contributed by atoms with E-state index in [0.29, 0.717) is 18.3 Å². The third-order valence-electron chi connectivity index (χ3n) is 3.36. The van der Waals surface area contributed by atoms with Crippen LogP contribution in [0.4, 0.5) is 17.1 Å². The summed E-state index contributed by atoms with van der Waals surface area (Å²) in [4.78, 5) is 12.6. The zero-order valence-electron chi connectivity index (χ0n) is 10.9. The SMILES string of the molecule is Nc1cc(N(Cc2ccco2)C2CC2)cc([N+](=O)[O-])c1. The number of nitro benzene ring substituents is 1. The molecular weight excluding hydrogens is 258 g/mol. The molecule has 0 saturated heterocycles. The van der Waals surface area contributed by atoms with E-state index >= 15 is 0 Å². The lowest BCUT2D eigenvalue weighted by Gasteiger charge is -2.23. The Hall–Kier alpha value is -2.50. The van der Waals surface area contributed by atoms with Crippen LogP contribution in [0.2, 0.25) is 0 Å². The smallest absolute Gasteiger partial charge is 0.273 e. The molecule has 1 aromatic heterocycles. The summed E-state index contributed by atoms with van der Waals surface area (Å²) in [5.41, 5.74) is 6.97. The van der Waals surface area contributed by atoms with Crippen LogP contribution in [-0.4, -0.2) is 11.0 Å². The monoisotopic (exact) mass is 273 g/mol. The highest BCUT2D eigenvalue weighted by Gasteiger charge is 2.30. The zero-order chi connectivity index (χ0) is 14.1. The Morgan fingerprint density at radius 2 is 2.20 bits per heavy atom. The first-order valence-corrected chi connectivity index (χ1v) is 6.47. The third kappa shape index (κ3) is 2.59. The average Bonchev–Trinajstić information content (AvgIpc) is 3.12. The molecule has 1 heterocycles. The minimum absolute atomic E-state index is 0.0186. The van der Waals surface area contributed by atoms with Gasteiger partial charge in [0, 0.05) is 29.5 Å². The number of non-ortho nitro benzene ring substituents is 1.